The van der Waals surface area contributed by atoms with Gasteiger partial charge in [-0.05, 0) is 42.8 Å². The number of pyridine rings is 2. The maximum Gasteiger partial charge on any atom is 0.416 e. The van der Waals surface area contributed by atoms with Crippen LogP contribution in [0.4, 0.5) is 34.9 Å². The first-order chi connectivity index (χ1) is 15.5. The minimum absolute atomic E-state index is 0.0869. The summed E-state index contributed by atoms with van der Waals surface area (Å²) in [5, 5.41) is -0.139. The van der Waals surface area contributed by atoms with Gasteiger partial charge in [0.15, 0.2) is 5.82 Å². The van der Waals surface area contributed by atoms with Crippen LogP contribution in [-0.4, -0.2) is 29.0 Å². The fourth-order valence-corrected chi connectivity index (χ4v) is 4.27. The van der Waals surface area contributed by atoms with Gasteiger partial charge in [-0.25, -0.2) is 14.4 Å². The lowest BCUT2D eigenvalue weighted by Crippen LogP contribution is -2.45. The molecule has 0 saturated carbocycles. The summed E-state index contributed by atoms with van der Waals surface area (Å²) < 4.78 is 55.0. The van der Waals surface area contributed by atoms with Gasteiger partial charge < -0.3 is 4.90 Å². The predicted octanol–water partition coefficient (Wildman–Crippen LogP) is 5.98. The maximum atomic E-state index is 14.7. The lowest BCUT2D eigenvalue weighted by molar-refractivity contribution is -0.137. The van der Waals surface area contributed by atoms with E-state index in [-0.39, 0.29) is 33.7 Å². The van der Waals surface area contributed by atoms with Gasteiger partial charge in [0.25, 0.3) is 0 Å². The lowest BCUT2D eigenvalue weighted by Gasteiger charge is -2.29. The molecule has 2 aromatic heterocycles. The molecule has 172 valence electrons. The van der Waals surface area contributed by atoms with E-state index in [0.717, 1.165) is 17.0 Å². The van der Waals surface area contributed by atoms with E-state index >= 15 is 0 Å². The van der Waals surface area contributed by atoms with E-state index in [1.165, 1.54) is 37.2 Å². The Kier molecular flexibility index (Phi) is 5.96. The standard InChI is InChI=1S/C22H16Cl2F4N4O/c1-11-6-13(22(26,27)28)8-18(30-11)32-17(7-12-4-3-5-29-20(12)32)21(33)31(2)16-10-14(23)9-15(24)19(16)25/h3-6,8-10,17H,7H2,1-2H3. The molecule has 3 heterocycles. The van der Waals surface area contributed by atoms with E-state index in [0.29, 0.717) is 11.4 Å². The minimum atomic E-state index is -4.61. The Bertz CT molecular complexity index is 1250. The molecule has 0 aliphatic carbocycles. The van der Waals surface area contributed by atoms with Crippen LogP contribution in [0.3, 0.4) is 0 Å². The number of halogens is 6. The van der Waals surface area contributed by atoms with E-state index < -0.39 is 29.5 Å². The van der Waals surface area contributed by atoms with Crippen molar-refractivity contribution < 1.29 is 22.4 Å². The van der Waals surface area contributed by atoms with Gasteiger partial charge in [0.2, 0.25) is 5.91 Å². The number of rotatable bonds is 3. The highest BCUT2D eigenvalue weighted by molar-refractivity contribution is 6.35. The van der Waals surface area contributed by atoms with Crippen molar-refractivity contribution in [1.82, 2.24) is 9.97 Å². The maximum absolute atomic E-state index is 14.7. The molecule has 1 atom stereocenters. The second-order valence-electron chi connectivity index (χ2n) is 7.55. The fraction of sp³-hybridized carbons (Fsp3) is 0.227. The molecule has 33 heavy (non-hydrogen) atoms. The Morgan fingerprint density at radius 2 is 1.94 bits per heavy atom. The van der Waals surface area contributed by atoms with E-state index in [4.69, 9.17) is 23.2 Å². The number of nitrogens with zero attached hydrogens (tertiary/aromatic N) is 4. The van der Waals surface area contributed by atoms with Crippen molar-refractivity contribution in [2.24, 2.45) is 0 Å². The van der Waals surface area contributed by atoms with Crippen molar-refractivity contribution in [2.75, 3.05) is 16.8 Å². The smallest absolute Gasteiger partial charge is 0.311 e. The van der Waals surface area contributed by atoms with Crippen LogP contribution in [0.15, 0.2) is 42.6 Å². The van der Waals surface area contributed by atoms with E-state index in [1.54, 1.807) is 12.1 Å². The summed E-state index contributed by atoms with van der Waals surface area (Å²) in [6, 6.07) is 6.61. The number of fused-ring (bicyclic) bond motifs is 1. The van der Waals surface area contributed by atoms with Gasteiger partial charge in [-0.3, -0.25) is 9.69 Å². The summed E-state index contributed by atoms with van der Waals surface area (Å²) in [7, 11) is 1.34. The molecule has 3 aromatic rings. The SMILES string of the molecule is Cc1cc(C(F)(F)F)cc(N2c3ncccc3CC2C(=O)N(C)c2cc(Cl)cc(Cl)c2F)n1. The Balaban J connectivity index is 1.81. The molecule has 0 spiro atoms. The second-order valence-corrected chi connectivity index (χ2v) is 8.39. The van der Waals surface area contributed by atoms with Crippen molar-refractivity contribution >= 4 is 46.4 Å². The third-order valence-corrected chi connectivity index (χ3v) is 5.78. The van der Waals surface area contributed by atoms with E-state index in [9.17, 15) is 22.4 Å². The number of carbonyl (C=O) groups is 1. The minimum Gasteiger partial charge on any atom is -0.311 e. The van der Waals surface area contributed by atoms with Gasteiger partial charge >= 0.3 is 6.18 Å². The molecule has 0 saturated heterocycles. The zero-order valence-electron chi connectivity index (χ0n) is 17.3. The Morgan fingerprint density at radius 3 is 2.64 bits per heavy atom. The van der Waals surface area contributed by atoms with Crippen LogP contribution in [0.25, 0.3) is 0 Å². The van der Waals surface area contributed by atoms with Gasteiger partial charge in [0, 0.05) is 30.4 Å². The summed E-state index contributed by atoms with van der Waals surface area (Å²) in [6.07, 6.45) is -3.00. The van der Waals surface area contributed by atoms with Crippen LogP contribution >= 0.6 is 23.2 Å². The topological polar surface area (TPSA) is 49.3 Å². The third-order valence-electron chi connectivity index (χ3n) is 5.29. The normalized spacial score (nSPS) is 15.5. The molecule has 1 aliphatic rings. The molecule has 5 nitrogen and oxygen atoms in total. The van der Waals surface area contributed by atoms with Crippen LogP contribution in [-0.2, 0) is 17.4 Å². The van der Waals surface area contributed by atoms with Crippen molar-refractivity contribution in [3.8, 4) is 0 Å². The van der Waals surface area contributed by atoms with Gasteiger partial charge in [-0.2, -0.15) is 13.2 Å². The Hall–Kier alpha value is -2.91. The zero-order valence-corrected chi connectivity index (χ0v) is 18.8. The summed E-state index contributed by atoms with van der Waals surface area (Å²) in [6.45, 7) is 1.43. The van der Waals surface area contributed by atoms with Crippen LogP contribution in [0.5, 0.6) is 0 Å². The predicted molar refractivity (Wildman–Crippen MR) is 118 cm³/mol. The monoisotopic (exact) mass is 498 g/mol. The molecule has 0 radical (unpaired) electrons. The average molecular weight is 499 g/mol. The number of hydrogen-bond donors (Lipinski definition) is 0. The number of anilines is 3. The third kappa shape index (κ3) is 4.35. The number of aryl methyl sites for hydroxylation is 1. The quantitative estimate of drug-likeness (QED) is 0.329. The highest BCUT2D eigenvalue weighted by atomic mass is 35.5. The lowest BCUT2D eigenvalue weighted by atomic mass is 10.1. The molecule has 0 bridgehead atoms. The van der Waals surface area contributed by atoms with Crippen LogP contribution in [0.1, 0.15) is 16.8 Å². The number of aromatic nitrogens is 2. The Morgan fingerprint density at radius 1 is 1.21 bits per heavy atom. The summed E-state index contributed by atoms with van der Waals surface area (Å²) in [4.78, 5) is 24.4. The molecular formula is C22H16Cl2F4N4O. The molecule has 4 rings (SSSR count). The van der Waals surface area contributed by atoms with E-state index in [1.807, 2.05) is 0 Å². The van der Waals surface area contributed by atoms with Gasteiger partial charge in [0.1, 0.15) is 17.7 Å². The van der Waals surface area contributed by atoms with Crippen molar-refractivity contribution in [3.63, 3.8) is 0 Å². The van der Waals surface area contributed by atoms with Gasteiger partial charge in [-0.1, -0.05) is 29.3 Å². The van der Waals surface area contributed by atoms with Crippen LogP contribution in [0, 0.1) is 12.7 Å². The molecule has 1 aliphatic heterocycles. The average Bonchev–Trinajstić information content (AvgIpc) is 3.13. The van der Waals surface area contributed by atoms with Crippen molar-refractivity contribution in [3.05, 3.63) is 75.3 Å². The molecule has 0 fully saturated rings. The summed E-state index contributed by atoms with van der Waals surface area (Å²) in [5.74, 6) is -1.22. The second kappa shape index (κ2) is 8.46. The first-order valence-corrected chi connectivity index (χ1v) is 10.4. The largest absolute Gasteiger partial charge is 0.416 e. The number of likely N-dealkylation sites (N-methyl/N-ethyl adjacent to an activating group) is 1. The molecule has 11 heteroatoms. The van der Waals surface area contributed by atoms with Crippen LogP contribution in [0.2, 0.25) is 10.0 Å². The molecule has 1 aromatic carbocycles. The zero-order chi connectivity index (χ0) is 24.1. The Labute approximate surface area is 196 Å². The number of hydrogen-bond acceptors (Lipinski definition) is 4. The van der Waals surface area contributed by atoms with Crippen molar-refractivity contribution in [2.45, 2.75) is 25.6 Å². The number of benzene rings is 1. The van der Waals surface area contributed by atoms with Gasteiger partial charge in [0.05, 0.1) is 16.3 Å². The van der Waals surface area contributed by atoms with Crippen LogP contribution < -0.4 is 9.80 Å². The number of amides is 1. The molecular weight excluding hydrogens is 483 g/mol. The molecule has 0 N–H and O–H groups in total. The fourth-order valence-electron chi connectivity index (χ4n) is 3.79. The molecule has 1 amide bonds. The first kappa shape index (κ1) is 23.3. The van der Waals surface area contributed by atoms with Gasteiger partial charge in [-0.15, -0.1) is 0 Å². The highest BCUT2D eigenvalue weighted by Gasteiger charge is 2.41. The number of carbonyl (C=O) groups excluding carboxylic acids is 1. The summed E-state index contributed by atoms with van der Waals surface area (Å²) >= 11 is 11.8. The first-order valence-electron chi connectivity index (χ1n) is 9.68. The summed E-state index contributed by atoms with van der Waals surface area (Å²) in [5.41, 5.74) is -0.293. The van der Waals surface area contributed by atoms with E-state index in [2.05, 4.69) is 9.97 Å². The molecule has 1 unspecified atom stereocenters. The van der Waals surface area contributed by atoms with Crippen molar-refractivity contribution in [1.29, 1.82) is 0 Å². The number of alkyl halides is 3. The highest BCUT2D eigenvalue weighted by Crippen LogP contribution is 2.40.